The van der Waals surface area contributed by atoms with Crippen molar-refractivity contribution in [3.05, 3.63) is 63.1 Å². The molecule has 0 radical (unpaired) electrons. The van der Waals surface area contributed by atoms with Crippen LogP contribution in [-0.4, -0.2) is 11.7 Å². The summed E-state index contributed by atoms with van der Waals surface area (Å²) in [7, 11) is 0. The van der Waals surface area contributed by atoms with E-state index in [-0.39, 0.29) is 0 Å². The lowest BCUT2D eigenvalue weighted by molar-refractivity contribution is 0.219. The van der Waals surface area contributed by atoms with Crippen molar-refractivity contribution in [3.63, 3.8) is 0 Å². The molecule has 0 amide bonds. The van der Waals surface area contributed by atoms with E-state index in [4.69, 9.17) is 16.3 Å². The number of aliphatic hydroxyl groups excluding tert-OH is 1. The van der Waals surface area contributed by atoms with Gasteiger partial charge < -0.3 is 9.84 Å². The smallest absolute Gasteiger partial charge is 0.119 e. The van der Waals surface area contributed by atoms with Gasteiger partial charge in [-0.1, -0.05) is 52.7 Å². The van der Waals surface area contributed by atoms with Crippen LogP contribution in [0.25, 0.3) is 0 Å². The molecule has 0 aliphatic heterocycles. The van der Waals surface area contributed by atoms with Gasteiger partial charge in [0, 0.05) is 9.50 Å². The third kappa shape index (κ3) is 3.75. The highest BCUT2D eigenvalue weighted by atomic mass is 79.9. The zero-order valence-corrected chi connectivity index (χ0v) is 13.5. The van der Waals surface area contributed by atoms with Crippen molar-refractivity contribution in [2.24, 2.45) is 0 Å². The van der Waals surface area contributed by atoms with E-state index in [9.17, 15) is 5.11 Å². The van der Waals surface area contributed by atoms with Gasteiger partial charge in [-0.25, -0.2) is 0 Å². The standard InChI is InChI=1S/C16H16BrClO2/c1-2-9-20-13-6-3-11(4-7-13)16(19)14-8-5-12(18)10-15(14)17/h3-8,10,16,19H,2,9H2,1H3. The van der Waals surface area contributed by atoms with Gasteiger partial charge in [0.25, 0.3) is 0 Å². The topological polar surface area (TPSA) is 29.5 Å². The number of hydrogen-bond donors (Lipinski definition) is 1. The normalized spacial score (nSPS) is 12.2. The number of hydrogen-bond acceptors (Lipinski definition) is 2. The number of aliphatic hydroxyl groups is 1. The Bertz CT molecular complexity index is 569. The monoisotopic (exact) mass is 354 g/mol. The number of benzene rings is 2. The summed E-state index contributed by atoms with van der Waals surface area (Å²) in [6, 6.07) is 12.9. The largest absolute Gasteiger partial charge is 0.494 e. The predicted octanol–water partition coefficient (Wildman–Crippen LogP) is 4.97. The summed E-state index contributed by atoms with van der Waals surface area (Å²) in [6.45, 7) is 2.76. The van der Waals surface area contributed by atoms with E-state index < -0.39 is 6.10 Å². The van der Waals surface area contributed by atoms with Crippen LogP contribution in [0.15, 0.2) is 46.9 Å². The van der Waals surface area contributed by atoms with Crippen LogP contribution in [0.1, 0.15) is 30.6 Å². The average Bonchev–Trinajstić information content (AvgIpc) is 2.45. The third-order valence-corrected chi connectivity index (χ3v) is 3.85. The molecule has 0 aromatic heterocycles. The summed E-state index contributed by atoms with van der Waals surface area (Å²) < 4.78 is 6.32. The Labute approximate surface area is 132 Å². The van der Waals surface area contributed by atoms with Gasteiger partial charge in [0.2, 0.25) is 0 Å². The fourth-order valence-corrected chi connectivity index (χ4v) is 2.77. The summed E-state index contributed by atoms with van der Waals surface area (Å²) in [5, 5.41) is 11.1. The van der Waals surface area contributed by atoms with Crippen molar-refractivity contribution in [2.75, 3.05) is 6.61 Å². The fraction of sp³-hybridized carbons (Fsp3) is 0.250. The third-order valence-electron chi connectivity index (χ3n) is 2.93. The molecule has 0 fully saturated rings. The molecule has 4 heteroatoms. The zero-order chi connectivity index (χ0) is 14.5. The highest BCUT2D eigenvalue weighted by Crippen LogP contribution is 2.31. The maximum Gasteiger partial charge on any atom is 0.119 e. The second-order valence-corrected chi connectivity index (χ2v) is 5.78. The van der Waals surface area contributed by atoms with Crippen LogP contribution in [0.5, 0.6) is 5.75 Å². The molecular weight excluding hydrogens is 340 g/mol. The number of ether oxygens (including phenoxy) is 1. The molecule has 0 aliphatic carbocycles. The van der Waals surface area contributed by atoms with Gasteiger partial charge in [0.1, 0.15) is 11.9 Å². The quantitative estimate of drug-likeness (QED) is 0.820. The summed E-state index contributed by atoms with van der Waals surface area (Å²) in [6.07, 6.45) is 0.282. The summed E-state index contributed by atoms with van der Waals surface area (Å²) >= 11 is 9.33. The van der Waals surface area contributed by atoms with Crippen LogP contribution in [0.3, 0.4) is 0 Å². The SMILES string of the molecule is CCCOc1ccc(C(O)c2ccc(Cl)cc2Br)cc1. The molecule has 2 nitrogen and oxygen atoms in total. The first-order chi connectivity index (χ1) is 9.61. The highest BCUT2D eigenvalue weighted by molar-refractivity contribution is 9.10. The van der Waals surface area contributed by atoms with Gasteiger partial charge in [-0.05, 0) is 41.8 Å². The minimum Gasteiger partial charge on any atom is -0.494 e. The minimum atomic E-state index is -0.693. The average molecular weight is 356 g/mol. The Morgan fingerprint density at radius 3 is 2.50 bits per heavy atom. The van der Waals surface area contributed by atoms with Crippen LogP contribution in [0, 0.1) is 0 Å². The Hall–Kier alpha value is -1.03. The van der Waals surface area contributed by atoms with E-state index in [1.54, 1.807) is 12.1 Å². The van der Waals surface area contributed by atoms with Crippen molar-refractivity contribution >= 4 is 27.5 Å². The maximum atomic E-state index is 10.4. The van der Waals surface area contributed by atoms with Crippen LogP contribution < -0.4 is 4.74 Å². The lowest BCUT2D eigenvalue weighted by atomic mass is 10.0. The Morgan fingerprint density at radius 1 is 1.20 bits per heavy atom. The van der Waals surface area contributed by atoms with Crippen LogP contribution in [-0.2, 0) is 0 Å². The first kappa shape index (κ1) is 15.4. The lowest BCUT2D eigenvalue weighted by Crippen LogP contribution is -2.01. The van der Waals surface area contributed by atoms with Crippen molar-refractivity contribution in [3.8, 4) is 5.75 Å². The second kappa shape index (κ2) is 7.11. The van der Waals surface area contributed by atoms with E-state index in [0.29, 0.717) is 11.6 Å². The van der Waals surface area contributed by atoms with Crippen molar-refractivity contribution in [1.29, 1.82) is 0 Å². The molecule has 2 aromatic rings. The molecule has 0 aliphatic rings. The molecule has 2 aromatic carbocycles. The molecule has 0 saturated heterocycles. The maximum absolute atomic E-state index is 10.4. The van der Waals surface area contributed by atoms with Crippen LogP contribution in [0.4, 0.5) is 0 Å². The lowest BCUT2D eigenvalue weighted by Gasteiger charge is -2.14. The minimum absolute atomic E-state index is 0.635. The molecule has 0 heterocycles. The summed E-state index contributed by atoms with van der Waals surface area (Å²) in [5.41, 5.74) is 1.61. The fourth-order valence-electron chi connectivity index (χ4n) is 1.87. The van der Waals surface area contributed by atoms with E-state index in [1.807, 2.05) is 30.3 Å². The van der Waals surface area contributed by atoms with Gasteiger partial charge in [0.15, 0.2) is 0 Å². The number of rotatable bonds is 5. The second-order valence-electron chi connectivity index (χ2n) is 4.49. The highest BCUT2D eigenvalue weighted by Gasteiger charge is 2.14. The zero-order valence-electron chi connectivity index (χ0n) is 11.1. The van der Waals surface area contributed by atoms with E-state index in [1.165, 1.54) is 0 Å². The van der Waals surface area contributed by atoms with Crippen LogP contribution >= 0.6 is 27.5 Å². The van der Waals surface area contributed by atoms with Gasteiger partial charge in [0.05, 0.1) is 6.61 Å². The molecule has 106 valence electrons. The molecule has 2 rings (SSSR count). The Morgan fingerprint density at radius 2 is 1.90 bits per heavy atom. The van der Waals surface area contributed by atoms with Crippen molar-refractivity contribution < 1.29 is 9.84 Å². The van der Waals surface area contributed by atoms with Gasteiger partial charge >= 0.3 is 0 Å². The molecule has 0 bridgehead atoms. The van der Waals surface area contributed by atoms with Crippen LogP contribution in [0.2, 0.25) is 5.02 Å². The number of halogens is 2. The molecule has 0 saturated carbocycles. The summed E-state index contributed by atoms with van der Waals surface area (Å²) in [4.78, 5) is 0. The van der Waals surface area contributed by atoms with Gasteiger partial charge in [-0.3, -0.25) is 0 Å². The van der Waals surface area contributed by atoms with Crippen molar-refractivity contribution in [2.45, 2.75) is 19.4 Å². The van der Waals surface area contributed by atoms with Crippen molar-refractivity contribution in [1.82, 2.24) is 0 Å². The van der Waals surface area contributed by atoms with E-state index in [2.05, 4.69) is 22.9 Å². The molecular formula is C16H16BrClO2. The molecule has 1 atom stereocenters. The summed E-state index contributed by atoms with van der Waals surface area (Å²) in [5.74, 6) is 0.818. The molecule has 1 N–H and O–H groups in total. The predicted molar refractivity (Wildman–Crippen MR) is 85.4 cm³/mol. The molecule has 0 spiro atoms. The molecule has 1 unspecified atom stereocenters. The van der Waals surface area contributed by atoms with E-state index in [0.717, 1.165) is 27.8 Å². The first-order valence-electron chi connectivity index (χ1n) is 6.47. The Balaban J connectivity index is 2.18. The van der Waals surface area contributed by atoms with Gasteiger partial charge in [-0.2, -0.15) is 0 Å². The molecule has 20 heavy (non-hydrogen) atoms. The van der Waals surface area contributed by atoms with E-state index >= 15 is 0 Å². The first-order valence-corrected chi connectivity index (χ1v) is 7.64. The Kier molecular flexibility index (Phi) is 5.46. The van der Waals surface area contributed by atoms with Gasteiger partial charge in [-0.15, -0.1) is 0 Å².